The Morgan fingerprint density at radius 3 is 2.35 bits per heavy atom. The van der Waals surface area contributed by atoms with E-state index < -0.39 is 0 Å². The zero-order valence-corrected chi connectivity index (χ0v) is 14.6. The molecule has 26 heavy (non-hydrogen) atoms. The lowest BCUT2D eigenvalue weighted by Crippen LogP contribution is -3.12. The zero-order chi connectivity index (χ0) is 17.7. The van der Waals surface area contributed by atoms with Crippen LogP contribution in [0.15, 0.2) is 53.3 Å². The number of hydrogen-bond donors (Lipinski definition) is 1. The van der Waals surface area contributed by atoms with Crippen LogP contribution in [0.2, 0.25) is 0 Å². The number of para-hydroxylation sites is 1. The van der Waals surface area contributed by atoms with Crippen molar-refractivity contribution in [2.75, 3.05) is 38.1 Å². The van der Waals surface area contributed by atoms with E-state index in [-0.39, 0.29) is 5.56 Å². The Bertz CT molecular complexity index is 1190. The first kappa shape index (κ1) is 15.3. The van der Waals surface area contributed by atoms with E-state index >= 15 is 0 Å². The molecule has 1 N–H and O–H groups in total. The van der Waals surface area contributed by atoms with E-state index in [1.54, 1.807) is 0 Å². The van der Waals surface area contributed by atoms with Gasteiger partial charge >= 0.3 is 0 Å². The molecule has 0 unspecified atom stereocenters. The van der Waals surface area contributed by atoms with Crippen molar-refractivity contribution in [3.63, 3.8) is 0 Å². The average molecular weight is 346 g/mol. The number of hydrogen-bond acceptors (Lipinski definition) is 4. The molecule has 1 saturated heterocycles. The van der Waals surface area contributed by atoms with Crippen LogP contribution in [0.5, 0.6) is 0 Å². The normalized spacial score (nSPS) is 16.0. The number of likely N-dealkylation sites (N-methyl/N-ethyl adjacent to an activating group) is 1. The largest absolute Gasteiger partial charge is 0.343 e. The second-order valence-electron chi connectivity index (χ2n) is 6.98. The van der Waals surface area contributed by atoms with Crippen molar-refractivity contribution < 1.29 is 4.90 Å². The fraction of sp³-hybridized carbons (Fsp3) is 0.250. The third-order valence-corrected chi connectivity index (χ3v) is 5.27. The smallest absolute Gasteiger partial charge is 0.282 e. The lowest BCUT2D eigenvalue weighted by molar-refractivity contribution is -0.880. The Morgan fingerprint density at radius 2 is 1.58 bits per heavy atom. The maximum absolute atomic E-state index is 13.1. The Balaban J connectivity index is 1.86. The summed E-state index contributed by atoms with van der Waals surface area (Å²) in [5.74, 6) is 0.875. The van der Waals surface area contributed by atoms with Gasteiger partial charge in [-0.2, -0.15) is 4.52 Å². The number of benzene rings is 2. The van der Waals surface area contributed by atoms with E-state index in [0.29, 0.717) is 16.6 Å². The van der Waals surface area contributed by atoms with E-state index in [1.165, 1.54) is 9.42 Å². The first-order valence-electron chi connectivity index (χ1n) is 8.99. The van der Waals surface area contributed by atoms with E-state index in [0.717, 1.165) is 42.8 Å². The van der Waals surface area contributed by atoms with Crippen LogP contribution in [0.3, 0.4) is 0 Å². The van der Waals surface area contributed by atoms with Crippen LogP contribution in [-0.2, 0) is 0 Å². The van der Waals surface area contributed by atoms with Gasteiger partial charge in [-0.1, -0.05) is 36.4 Å². The SMILES string of the molecule is C[NH+]1CCN(c2nn3c(=O)c4ccccc4nc3c3ccccc23)CC1. The summed E-state index contributed by atoms with van der Waals surface area (Å²) in [6.45, 7) is 4.01. The molecule has 1 fully saturated rings. The fourth-order valence-corrected chi connectivity index (χ4v) is 3.75. The van der Waals surface area contributed by atoms with E-state index in [1.807, 2.05) is 42.5 Å². The monoisotopic (exact) mass is 346 g/mol. The van der Waals surface area contributed by atoms with Crippen LogP contribution in [0.1, 0.15) is 0 Å². The van der Waals surface area contributed by atoms with Gasteiger partial charge in [0.05, 0.1) is 44.1 Å². The molecule has 0 aliphatic carbocycles. The second-order valence-corrected chi connectivity index (χ2v) is 6.98. The second kappa shape index (κ2) is 5.78. The molecule has 0 bridgehead atoms. The molecule has 0 amide bonds. The maximum atomic E-state index is 13.1. The van der Waals surface area contributed by atoms with Crippen LogP contribution in [0.25, 0.3) is 27.3 Å². The van der Waals surface area contributed by atoms with E-state index in [2.05, 4.69) is 18.0 Å². The Kier molecular flexibility index (Phi) is 3.39. The van der Waals surface area contributed by atoms with Gasteiger partial charge in [0.25, 0.3) is 5.56 Å². The number of fused-ring (bicyclic) bond motifs is 4. The molecule has 130 valence electrons. The highest BCUT2D eigenvalue weighted by molar-refractivity contribution is 6.01. The van der Waals surface area contributed by atoms with Crippen LogP contribution < -0.4 is 15.4 Å². The summed E-state index contributed by atoms with van der Waals surface area (Å²) in [6, 6.07) is 15.6. The number of nitrogens with one attached hydrogen (secondary N) is 1. The molecule has 6 nitrogen and oxygen atoms in total. The van der Waals surface area contributed by atoms with Crippen molar-refractivity contribution in [1.29, 1.82) is 0 Å². The number of nitrogens with zero attached hydrogens (tertiary/aromatic N) is 4. The van der Waals surface area contributed by atoms with Gasteiger partial charge in [0, 0.05) is 10.8 Å². The molecule has 6 heteroatoms. The summed E-state index contributed by atoms with van der Waals surface area (Å²) in [7, 11) is 2.21. The number of aromatic nitrogens is 3. The summed E-state index contributed by atoms with van der Waals surface area (Å²) in [5.41, 5.74) is 1.21. The number of rotatable bonds is 1. The molecule has 0 radical (unpaired) electrons. The number of quaternary nitrogens is 1. The molecule has 1 aliphatic heterocycles. The minimum atomic E-state index is -0.114. The van der Waals surface area contributed by atoms with Gasteiger partial charge in [-0.25, -0.2) is 4.98 Å². The topological polar surface area (TPSA) is 54.9 Å². The van der Waals surface area contributed by atoms with Gasteiger partial charge in [0.1, 0.15) is 0 Å². The quantitative estimate of drug-likeness (QED) is 0.408. The molecule has 4 aromatic rings. The molecule has 2 aromatic carbocycles. The zero-order valence-electron chi connectivity index (χ0n) is 14.6. The van der Waals surface area contributed by atoms with Crippen molar-refractivity contribution in [3.05, 3.63) is 58.9 Å². The molecule has 0 saturated carbocycles. The van der Waals surface area contributed by atoms with E-state index in [4.69, 9.17) is 10.1 Å². The lowest BCUT2D eigenvalue weighted by atomic mass is 10.1. The van der Waals surface area contributed by atoms with Crippen molar-refractivity contribution in [2.24, 2.45) is 0 Å². The standard InChI is InChI=1S/C20H19N5O/c1-23-10-12-24(13-11-23)19-15-7-3-2-6-14(15)18-21-17-9-5-4-8-16(17)20(26)25(18)22-19/h2-9H,10-13H2,1H3/p+1. The lowest BCUT2D eigenvalue weighted by Gasteiger charge is -2.31. The van der Waals surface area contributed by atoms with Crippen molar-refractivity contribution >= 4 is 33.1 Å². The third-order valence-electron chi connectivity index (χ3n) is 5.27. The summed E-state index contributed by atoms with van der Waals surface area (Å²) in [5, 5.41) is 7.37. The minimum Gasteiger partial charge on any atom is -0.343 e. The highest BCUT2D eigenvalue weighted by atomic mass is 16.1. The molecule has 2 aromatic heterocycles. The maximum Gasteiger partial charge on any atom is 0.282 e. The number of piperazine rings is 1. The summed E-state index contributed by atoms with van der Waals surface area (Å²) in [4.78, 5) is 21.6. The van der Waals surface area contributed by atoms with Gasteiger partial charge < -0.3 is 9.80 Å². The molecule has 0 spiro atoms. The summed E-state index contributed by atoms with van der Waals surface area (Å²) < 4.78 is 1.48. The van der Waals surface area contributed by atoms with Crippen LogP contribution in [-0.4, -0.2) is 47.8 Å². The van der Waals surface area contributed by atoms with Crippen molar-refractivity contribution in [1.82, 2.24) is 14.6 Å². The predicted molar refractivity (Wildman–Crippen MR) is 103 cm³/mol. The van der Waals surface area contributed by atoms with Crippen molar-refractivity contribution in [2.45, 2.75) is 0 Å². The third kappa shape index (κ3) is 2.26. The van der Waals surface area contributed by atoms with Crippen LogP contribution in [0, 0.1) is 0 Å². The van der Waals surface area contributed by atoms with Crippen molar-refractivity contribution in [3.8, 4) is 0 Å². The first-order chi connectivity index (χ1) is 12.7. The van der Waals surface area contributed by atoms with Crippen LogP contribution >= 0.6 is 0 Å². The summed E-state index contributed by atoms with van der Waals surface area (Å²) >= 11 is 0. The molecular weight excluding hydrogens is 326 g/mol. The Labute approximate surface area is 150 Å². The molecule has 3 heterocycles. The molecule has 1 aliphatic rings. The van der Waals surface area contributed by atoms with Crippen LogP contribution in [0.4, 0.5) is 5.82 Å². The molecule has 0 atom stereocenters. The van der Waals surface area contributed by atoms with E-state index in [9.17, 15) is 4.79 Å². The fourth-order valence-electron chi connectivity index (χ4n) is 3.75. The highest BCUT2D eigenvalue weighted by Crippen LogP contribution is 2.27. The van der Waals surface area contributed by atoms with Gasteiger partial charge in [0.2, 0.25) is 0 Å². The van der Waals surface area contributed by atoms with Gasteiger partial charge in [0.15, 0.2) is 11.5 Å². The molecular formula is C20H20N5O+. The van der Waals surface area contributed by atoms with Gasteiger partial charge in [-0.05, 0) is 12.1 Å². The summed E-state index contributed by atoms with van der Waals surface area (Å²) in [6.07, 6.45) is 0. The van der Waals surface area contributed by atoms with Gasteiger partial charge in [-0.3, -0.25) is 4.79 Å². The Morgan fingerprint density at radius 1 is 0.923 bits per heavy atom. The average Bonchev–Trinajstić information content (AvgIpc) is 2.69. The number of anilines is 1. The van der Waals surface area contributed by atoms with Gasteiger partial charge in [-0.15, -0.1) is 5.10 Å². The predicted octanol–water partition coefficient (Wildman–Crippen LogP) is 0.731. The molecule has 5 rings (SSSR count). The first-order valence-corrected chi connectivity index (χ1v) is 8.99. The minimum absolute atomic E-state index is 0.114. The highest BCUT2D eigenvalue weighted by Gasteiger charge is 2.22. The Hall–Kier alpha value is -2.99.